The summed E-state index contributed by atoms with van der Waals surface area (Å²) in [6.45, 7) is 3.19. The highest BCUT2D eigenvalue weighted by Gasteiger charge is 2.37. The van der Waals surface area contributed by atoms with Crippen molar-refractivity contribution in [1.82, 2.24) is 4.90 Å². The average Bonchev–Trinajstić information content (AvgIpc) is 3.03. The van der Waals surface area contributed by atoms with E-state index in [0.717, 1.165) is 25.3 Å². The highest BCUT2D eigenvalue weighted by molar-refractivity contribution is 5.73. The molecule has 0 spiro atoms. The summed E-state index contributed by atoms with van der Waals surface area (Å²) < 4.78 is 0. The molecule has 0 aromatic rings. The SMILES string of the molecule is CC(C1CC1)N1CCCCCC1C(=O)O. The second-order valence-corrected chi connectivity index (χ2v) is 5.02. The lowest BCUT2D eigenvalue weighted by Gasteiger charge is -2.32. The fourth-order valence-corrected chi connectivity index (χ4v) is 2.73. The third kappa shape index (κ3) is 2.51. The Hall–Kier alpha value is -0.570. The highest BCUT2D eigenvalue weighted by Crippen LogP contribution is 2.37. The Morgan fingerprint density at radius 2 is 2.00 bits per heavy atom. The number of carboxylic acids is 1. The Balaban J connectivity index is 2.04. The van der Waals surface area contributed by atoms with Crippen molar-refractivity contribution in [3.63, 3.8) is 0 Å². The van der Waals surface area contributed by atoms with Gasteiger partial charge in [-0.2, -0.15) is 0 Å². The minimum Gasteiger partial charge on any atom is -0.480 e. The third-order valence-electron chi connectivity index (χ3n) is 3.91. The van der Waals surface area contributed by atoms with E-state index < -0.39 is 5.97 Å². The molecular weight excluding hydrogens is 190 g/mol. The number of likely N-dealkylation sites (tertiary alicyclic amines) is 1. The maximum atomic E-state index is 11.2. The number of rotatable bonds is 3. The molecule has 2 rings (SSSR count). The number of carboxylic acid groups (broad SMARTS) is 1. The van der Waals surface area contributed by atoms with Crippen molar-refractivity contribution in [3.05, 3.63) is 0 Å². The average molecular weight is 211 g/mol. The third-order valence-corrected chi connectivity index (χ3v) is 3.91. The molecule has 1 aliphatic carbocycles. The molecular formula is C12H21NO2. The molecule has 1 heterocycles. The first-order valence-electron chi connectivity index (χ1n) is 6.18. The van der Waals surface area contributed by atoms with Crippen LogP contribution in [0, 0.1) is 5.92 Å². The first-order chi connectivity index (χ1) is 7.20. The van der Waals surface area contributed by atoms with Gasteiger partial charge in [0.1, 0.15) is 6.04 Å². The molecule has 1 N–H and O–H groups in total. The Bertz CT molecular complexity index is 238. The van der Waals surface area contributed by atoms with Gasteiger partial charge in [0.15, 0.2) is 0 Å². The van der Waals surface area contributed by atoms with Gasteiger partial charge in [-0.15, -0.1) is 0 Å². The monoisotopic (exact) mass is 211 g/mol. The number of hydrogen-bond donors (Lipinski definition) is 1. The first kappa shape index (κ1) is 10.9. The smallest absolute Gasteiger partial charge is 0.320 e. The van der Waals surface area contributed by atoms with Gasteiger partial charge in [-0.05, 0) is 45.1 Å². The van der Waals surface area contributed by atoms with E-state index in [1.165, 1.54) is 25.7 Å². The molecule has 2 fully saturated rings. The fraction of sp³-hybridized carbons (Fsp3) is 0.917. The molecule has 3 heteroatoms. The van der Waals surface area contributed by atoms with Crippen LogP contribution in [0.15, 0.2) is 0 Å². The van der Waals surface area contributed by atoms with Crippen molar-refractivity contribution in [2.24, 2.45) is 5.92 Å². The van der Waals surface area contributed by atoms with Crippen molar-refractivity contribution >= 4 is 5.97 Å². The molecule has 1 aliphatic heterocycles. The van der Waals surface area contributed by atoms with Crippen LogP contribution in [0.5, 0.6) is 0 Å². The number of aliphatic carboxylic acids is 1. The molecule has 3 nitrogen and oxygen atoms in total. The Kier molecular flexibility index (Phi) is 3.29. The zero-order chi connectivity index (χ0) is 10.8. The molecule has 0 bridgehead atoms. The summed E-state index contributed by atoms with van der Waals surface area (Å²) in [5, 5.41) is 9.24. The van der Waals surface area contributed by atoms with Gasteiger partial charge >= 0.3 is 5.97 Å². The van der Waals surface area contributed by atoms with Crippen molar-refractivity contribution in [2.45, 2.75) is 57.5 Å². The molecule has 2 atom stereocenters. The molecule has 0 amide bonds. The maximum Gasteiger partial charge on any atom is 0.320 e. The lowest BCUT2D eigenvalue weighted by Crippen LogP contribution is -2.46. The molecule has 1 saturated heterocycles. The van der Waals surface area contributed by atoms with Gasteiger partial charge in [-0.3, -0.25) is 9.69 Å². The molecule has 15 heavy (non-hydrogen) atoms. The summed E-state index contributed by atoms with van der Waals surface area (Å²) in [6.07, 6.45) is 6.86. The summed E-state index contributed by atoms with van der Waals surface area (Å²) in [5.74, 6) is 0.148. The standard InChI is InChI=1S/C12H21NO2/c1-9(10-6-7-10)13-8-4-2-3-5-11(13)12(14)15/h9-11H,2-8H2,1H3,(H,14,15). The van der Waals surface area contributed by atoms with Crippen LogP contribution in [0.4, 0.5) is 0 Å². The van der Waals surface area contributed by atoms with E-state index >= 15 is 0 Å². The van der Waals surface area contributed by atoms with Crippen LogP contribution in [0.3, 0.4) is 0 Å². The lowest BCUT2D eigenvalue weighted by atomic mass is 10.1. The van der Waals surface area contributed by atoms with Gasteiger partial charge < -0.3 is 5.11 Å². The minimum atomic E-state index is -0.621. The molecule has 86 valence electrons. The summed E-state index contributed by atoms with van der Waals surface area (Å²) >= 11 is 0. The number of carbonyl (C=O) groups is 1. The largest absolute Gasteiger partial charge is 0.480 e. The van der Waals surface area contributed by atoms with E-state index in [4.69, 9.17) is 0 Å². The minimum absolute atomic E-state index is 0.219. The number of nitrogens with zero attached hydrogens (tertiary/aromatic N) is 1. The van der Waals surface area contributed by atoms with Crippen LogP contribution in [-0.4, -0.2) is 34.6 Å². The molecule has 0 aromatic heterocycles. The molecule has 0 aromatic carbocycles. The molecule has 2 unspecified atom stereocenters. The van der Waals surface area contributed by atoms with Gasteiger partial charge in [-0.1, -0.05) is 12.8 Å². The van der Waals surface area contributed by atoms with Gasteiger partial charge in [-0.25, -0.2) is 0 Å². The van der Waals surface area contributed by atoms with Crippen LogP contribution < -0.4 is 0 Å². The first-order valence-corrected chi connectivity index (χ1v) is 6.18. The van der Waals surface area contributed by atoms with E-state index in [1.54, 1.807) is 0 Å². The van der Waals surface area contributed by atoms with Crippen molar-refractivity contribution < 1.29 is 9.90 Å². The lowest BCUT2D eigenvalue weighted by molar-refractivity contribution is -0.144. The van der Waals surface area contributed by atoms with E-state index in [1.807, 2.05) is 0 Å². The van der Waals surface area contributed by atoms with Crippen LogP contribution in [0.1, 0.15) is 45.4 Å². The molecule has 1 saturated carbocycles. The van der Waals surface area contributed by atoms with Crippen molar-refractivity contribution in [3.8, 4) is 0 Å². The summed E-state index contributed by atoms with van der Waals surface area (Å²) in [4.78, 5) is 13.5. The van der Waals surface area contributed by atoms with Gasteiger partial charge in [0.25, 0.3) is 0 Å². The van der Waals surface area contributed by atoms with Gasteiger partial charge in [0.2, 0.25) is 0 Å². The topological polar surface area (TPSA) is 40.5 Å². The quantitative estimate of drug-likeness (QED) is 0.777. The zero-order valence-electron chi connectivity index (χ0n) is 9.48. The summed E-state index contributed by atoms with van der Waals surface area (Å²) in [5.41, 5.74) is 0. The predicted octanol–water partition coefficient (Wildman–Crippen LogP) is 2.11. The normalized spacial score (nSPS) is 30.9. The zero-order valence-corrected chi connectivity index (χ0v) is 9.48. The second-order valence-electron chi connectivity index (χ2n) is 5.02. The van der Waals surface area contributed by atoms with E-state index in [0.29, 0.717) is 6.04 Å². The molecule has 0 radical (unpaired) electrons. The van der Waals surface area contributed by atoms with Gasteiger partial charge in [0.05, 0.1) is 0 Å². The Labute approximate surface area is 91.5 Å². The van der Waals surface area contributed by atoms with Crippen LogP contribution >= 0.6 is 0 Å². The van der Waals surface area contributed by atoms with Crippen LogP contribution in [-0.2, 0) is 4.79 Å². The van der Waals surface area contributed by atoms with E-state index in [9.17, 15) is 9.90 Å². The summed E-state index contributed by atoms with van der Waals surface area (Å²) in [7, 11) is 0. The van der Waals surface area contributed by atoms with E-state index in [-0.39, 0.29) is 6.04 Å². The van der Waals surface area contributed by atoms with Crippen molar-refractivity contribution in [1.29, 1.82) is 0 Å². The second kappa shape index (κ2) is 4.52. The number of hydrogen-bond acceptors (Lipinski definition) is 2. The van der Waals surface area contributed by atoms with Gasteiger partial charge in [0, 0.05) is 6.04 Å². The van der Waals surface area contributed by atoms with Crippen LogP contribution in [0.2, 0.25) is 0 Å². The Morgan fingerprint density at radius 1 is 1.27 bits per heavy atom. The van der Waals surface area contributed by atoms with Crippen molar-refractivity contribution in [2.75, 3.05) is 6.54 Å². The highest BCUT2D eigenvalue weighted by atomic mass is 16.4. The maximum absolute atomic E-state index is 11.2. The molecule has 2 aliphatic rings. The predicted molar refractivity (Wildman–Crippen MR) is 58.8 cm³/mol. The fourth-order valence-electron chi connectivity index (χ4n) is 2.73. The Morgan fingerprint density at radius 3 is 2.60 bits per heavy atom. The van der Waals surface area contributed by atoms with Crippen LogP contribution in [0.25, 0.3) is 0 Å². The summed E-state index contributed by atoms with van der Waals surface area (Å²) in [6, 6.07) is 0.257. The van der Waals surface area contributed by atoms with E-state index in [2.05, 4.69) is 11.8 Å².